The van der Waals surface area contributed by atoms with E-state index in [0.717, 1.165) is 10.9 Å². The van der Waals surface area contributed by atoms with Crippen LogP contribution in [0.2, 0.25) is 0 Å². The number of carbonyl (C=O) groups excluding carboxylic acids is 2. The Balaban J connectivity index is 1.07. The number of piperazine rings is 1. The minimum atomic E-state index is -3.87. The molecule has 42 heavy (non-hydrogen) atoms. The predicted molar refractivity (Wildman–Crippen MR) is 149 cm³/mol. The number of sulfonamides is 1. The first kappa shape index (κ1) is 28.1. The molecule has 3 aromatic rings. The molecule has 1 aromatic heterocycles. The summed E-state index contributed by atoms with van der Waals surface area (Å²) in [6.45, 7) is 4.20. The Labute approximate surface area is 241 Å². The number of ether oxygens (including phenoxy) is 1. The lowest BCUT2D eigenvalue weighted by molar-refractivity contribution is -0.384. The Kier molecular flexibility index (Phi) is 7.34. The molecule has 222 valence electrons. The highest BCUT2D eigenvalue weighted by Gasteiger charge is 2.39. The summed E-state index contributed by atoms with van der Waals surface area (Å²) in [6, 6.07) is 10.6. The van der Waals surface area contributed by atoms with Crippen molar-refractivity contribution in [1.82, 2.24) is 18.7 Å². The van der Waals surface area contributed by atoms with E-state index in [-0.39, 0.29) is 65.4 Å². The van der Waals surface area contributed by atoms with Crippen molar-refractivity contribution in [1.29, 1.82) is 0 Å². The zero-order chi connectivity index (χ0) is 29.6. The summed E-state index contributed by atoms with van der Waals surface area (Å²) in [4.78, 5) is 41.8. The zero-order valence-electron chi connectivity index (χ0n) is 22.7. The van der Waals surface area contributed by atoms with Crippen molar-refractivity contribution in [3.05, 3.63) is 75.1 Å². The first-order chi connectivity index (χ1) is 20.2. The number of rotatable bonds is 8. The van der Waals surface area contributed by atoms with Gasteiger partial charge in [0.1, 0.15) is 11.4 Å². The molecular formula is C27H30N6O8S. The molecule has 2 aromatic carbocycles. The van der Waals surface area contributed by atoms with Gasteiger partial charge in [0, 0.05) is 69.6 Å². The maximum atomic E-state index is 13.0. The van der Waals surface area contributed by atoms with E-state index in [4.69, 9.17) is 4.74 Å². The van der Waals surface area contributed by atoms with Crippen LogP contribution >= 0.6 is 0 Å². The van der Waals surface area contributed by atoms with Crippen LogP contribution in [0.4, 0.5) is 11.4 Å². The maximum Gasteiger partial charge on any atom is 0.293 e. The summed E-state index contributed by atoms with van der Waals surface area (Å²) < 4.78 is 34.0. The molecule has 2 fully saturated rings. The molecule has 1 N–H and O–H groups in total. The zero-order valence-corrected chi connectivity index (χ0v) is 23.5. The van der Waals surface area contributed by atoms with Gasteiger partial charge in [-0.1, -0.05) is 24.3 Å². The molecular weight excluding hydrogens is 568 g/mol. The van der Waals surface area contributed by atoms with E-state index in [1.165, 1.54) is 21.1 Å². The summed E-state index contributed by atoms with van der Waals surface area (Å²) in [7, 11) is -3.87. The molecule has 15 heteroatoms. The number of hydrogen-bond donors (Lipinski definition) is 1. The Hall–Kier alpha value is -4.05. The van der Waals surface area contributed by atoms with Crippen molar-refractivity contribution in [3.8, 4) is 0 Å². The number of nitro groups is 1. The fourth-order valence-electron chi connectivity index (χ4n) is 5.82. The van der Waals surface area contributed by atoms with E-state index in [0.29, 0.717) is 56.9 Å². The van der Waals surface area contributed by atoms with E-state index in [2.05, 4.69) is 4.90 Å². The van der Waals surface area contributed by atoms with E-state index < -0.39 is 14.9 Å². The molecule has 6 rings (SSSR count). The van der Waals surface area contributed by atoms with Crippen LogP contribution in [0.15, 0.2) is 47.4 Å². The third-order valence-corrected chi connectivity index (χ3v) is 9.96. The Morgan fingerprint density at radius 3 is 2.17 bits per heavy atom. The van der Waals surface area contributed by atoms with Gasteiger partial charge in [-0.05, 0) is 18.6 Å². The first-order valence-corrected chi connectivity index (χ1v) is 15.2. The number of fused-ring (bicyclic) bond motifs is 2. The molecule has 14 nitrogen and oxygen atoms in total. The highest BCUT2D eigenvalue weighted by atomic mass is 32.2. The Bertz CT molecular complexity index is 1670. The van der Waals surface area contributed by atoms with E-state index in [1.807, 2.05) is 4.90 Å². The minimum absolute atomic E-state index is 0.00216. The average molecular weight is 599 g/mol. The average Bonchev–Trinajstić information content (AvgIpc) is 3.01. The van der Waals surface area contributed by atoms with Gasteiger partial charge in [0.05, 0.1) is 23.0 Å². The second-order valence-electron chi connectivity index (χ2n) is 10.4. The molecule has 0 bridgehead atoms. The topological polar surface area (TPSA) is 160 Å². The van der Waals surface area contributed by atoms with Gasteiger partial charge in [0.25, 0.3) is 5.69 Å². The monoisotopic (exact) mass is 598 g/mol. The summed E-state index contributed by atoms with van der Waals surface area (Å²) in [6.07, 6.45) is 0.602. The van der Waals surface area contributed by atoms with Crippen molar-refractivity contribution in [3.63, 3.8) is 0 Å². The summed E-state index contributed by atoms with van der Waals surface area (Å²) in [5.41, 5.74) is 0.936. The minimum Gasteiger partial charge on any atom is -0.412 e. The highest BCUT2D eigenvalue weighted by Crippen LogP contribution is 2.33. The number of carbonyl (C=O) groups is 2. The SMILES string of the molecule is O=C1c2ccccc2C(=O)c2c1n(O)n2CCCN1CCN(c2ccc(S(=O)(=O)N3CCOCC3)cc2[N+](=O)[O-])CC1. The van der Waals surface area contributed by atoms with Gasteiger partial charge in [-0.2, -0.15) is 4.31 Å². The van der Waals surface area contributed by atoms with Gasteiger partial charge in [-0.3, -0.25) is 24.6 Å². The molecule has 2 saturated heterocycles. The van der Waals surface area contributed by atoms with Crippen LogP contribution in [0.5, 0.6) is 0 Å². The van der Waals surface area contributed by atoms with E-state index in [1.54, 1.807) is 24.3 Å². The standard InChI is InChI=1S/C27H30N6O8S/c34-26-20-4-1-2-5-21(20)27(35)25-24(26)31(32(25)36)9-3-8-28-10-12-29(13-11-28)22-7-6-19(18-23(22)33(37)38)42(39,40)30-14-16-41-17-15-30/h1-2,4-7,18,36H,3,8-17H2. The number of hydrogen-bond acceptors (Lipinski definition) is 10. The van der Waals surface area contributed by atoms with Crippen molar-refractivity contribution < 1.29 is 32.9 Å². The van der Waals surface area contributed by atoms with Crippen LogP contribution in [-0.4, -0.2) is 108 Å². The lowest BCUT2D eigenvalue weighted by Gasteiger charge is -2.36. The number of morpholine rings is 1. The number of anilines is 1. The predicted octanol–water partition coefficient (Wildman–Crippen LogP) is 1.44. The Morgan fingerprint density at radius 2 is 1.52 bits per heavy atom. The summed E-state index contributed by atoms with van der Waals surface area (Å²) in [5, 5.41) is 22.4. The van der Waals surface area contributed by atoms with Crippen LogP contribution in [0.3, 0.4) is 0 Å². The Morgan fingerprint density at radius 1 is 0.881 bits per heavy atom. The molecule has 0 saturated carbocycles. The fraction of sp³-hybridized carbons (Fsp3) is 0.407. The van der Waals surface area contributed by atoms with Gasteiger partial charge < -0.3 is 14.8 Å². The van der Waals surface area contributed by atoms with Crippen LogP contribution in [-0.2, 0) is 21.3 Å². The molecule has 0 amide bonds. The quantitative estimate of drug-likeness (QED) is 0.179. The van der Waals surface area contributed by atoms with Gasteiger partial charge >= 0.3 is 0 Å². The van der Waals surface area contributed by atoms with Gasteiger partial charge in [0.15, 0.2) is 5.69 Å². The lowest BCUT2D eigenvalue weighted by atomic mass is 9.89. The summed E-state index contributed by atoms with van der Waals surface area (Å²) >= 11 is 0. The molecule has 1 aliphatic carbocycles. The van der Waals surface area contributed by atoms with Crippen molar-refractivity contribution in [2.75, 3.05) is 63.9 Å². The third kappa shape index (κ3) is 4.77. The van der Waals surface area contributed by atoms with E-state index in [9.17, 15) is 33.3 Å². The van der Waals surface area contributed by atoms with Crippen LogP contribution in [0.25, 0.3) is 0 Å². The van der Waals surface area contributed by atoms with Gasteiger partial charge in [0.2, 0.25) is 21.6 Å². The van der Waals surface area contributed by atoms with Crippen LogP contribution < -0.4 is 4.90 Å². The number of ketones is 2. The molecule has 0 unspecified atom stereocenters. The molecule has 3 aliphatic rings. The van der Waals surface area contributed by atoms with Gasteiger partial charge in [-0.25, -0.2) is 13.1 Å². The first-order valence-electron chi connectivity index (χ1n) is 13.7. The molecule has 0 atom stereocenters. The lowest BCUT2D eigenvalue weighted by Crippen LogP contribution is -2.47. The van der Waals surface area contributed by atoms with Gasteiger partial charge in [-0.15, -0.1) is 4.85 Å². The van der Waals surface area contributed by atoms with Crippen molar-refractivity contribution in [2.45, 2.75) is 17.9 Å². The summed E-state index contributed by atoms with van der Waals surface area (Å²) in [5.74, 6) is -0.666. The largest absolute Gasteiger partial charge is 0.412 e. The number of nitro benzene ring substituents is 1. The van der Waals surface area contributed by atoms with Crippen LogP contribution in [0.1, 0.15) is 38.5 Å². The van der Waals surface area contributed by atoms with Crippen molar-refractivity contribution >= 4 is 33.0 Å². The molecule has 2 aliphatic heterocycles. The molecule has 0 spiro atoms. The number of nitrogens with zero attached hydrogens (tertiary/aromatic N) is 6. The fourth-order valence-corrected chi connectivity index (χ4v) is 7.25. The molecule has 3 heterocycles. The maximum absolute atomic E-state index is 13.0. The number of benzene rings is 2. The third-order valence-electron chi connectivity index (χ3n) is 8.07. The molecule has 0 radical (unpaired) electrons. The second-order valence-corrected chi connectivity index (χ2v) is 12.4. The second kappa shape index (κ2) is 11.0. The van der Waals surface area contributed by atoms with Crippen LogP contribution in [0, 0.1) is 10.1 Å². The normalized spacial score (nSPS) is 18.2. The smallest absolute Gasteiger partial charge is 0.293 e. The highest BCUT2D eigenvalue weighted by molar-refractivity contribution is 7.89. The van der Waals surface area contributed by atoms with Crippen molar-refractivity contribution in [2.24, 2.45) is 0 Å². The van der Waals surface area contributed by atoms with E-state index >= 15 is 0 Å². The number of aromatic nitrogens is 2.